The molecule has 0 atom stereocenters. The number of ketones is 2. The van der Waals surface area contributed by atoms with Gasteiger partial charge in [-0.15, -0.1) is 0 Å². The molecule has 8 nitrogen and oxygen atoms in total. The molecule has 4 aliphatic rings. The number of nitrogens with zero attached hydrogens (tertiary/aromatic N) is 2. The zero-order chi connectivity index (χ0) is 24.0. The van der Waals surface area contributed by atoms with Crippen LogP contribution >= 0.6 is 0 Å². The highest BCUT2D eigenvalue weighted by Gasteiger charge is 2.42. The second-order valence-electron chi connectivity index (χ2n) is 9.22. The number of anilines is 1. The summed E-state index contributed by atoms with van der Waals surface area (Å²) in [5.74, 6) is -2.85. The number of likely N-dealkylation sites (tertiary alicyclic amines) is 1. The van der Waals surface area contributed by atoms with Gasteiger partial charge >= 0.3 is 0 Å². The minimum atomic E-state index is -0.716. The van der Waals surface area contributed by atoms with E-state index in [9.17, 15) is 30.0 Å². The van der Waals surface area contributed by atoms with Crippen LogP contribution in [0.3, 0.4) is 0 Å². The van der Waals surface area contributed by atoms with Gasteiger partial charge in [0.2, 0.25) is 5.78 Å². The van der Waals surface area contributed by atoms with Crippen LogP contribution < -0.4 is 4.90 Å². The van der Waals surface area contributed by atoms with Crippen molar-refractivity contribution in [1.29, 1.82) is 0 Å². The van der Waals surface area contributed by atoms with Gasteiger partial charge in [0.05, 0.1) is 22.3 Å². The molecule has 2 saturated heterocycles. The molecule has 5 rings (SSSR count). The summed E-state index contributed by atoms with van der Waals surface area (Å²) in [6.07, 6.45) is 9.11. The fourth-order valence-corrected chi connectivity index (χ4v) is 5.23. The van der Waals surface area contributed by atoms with Gasteiger partial charge < -0.3 is 30.2 Å². The molecule has 2 fully saturated rings. The SMILES string of the molecule is O=C1C=C(N2CCCCC2)C=C(O)/C1=C1\C(=O)C(c2c(O)cc(N3CCCCC3)cc2O)=C1O. The minimum absolute atomic E-state index is 0.177. The number of phenolic OH excluding ortho intramolecular Hbond substituents is 2. The van der Waals surface area contributed by atoms with Crippen LogP contribution in [0, 0.1) is 0 Å². The van der Waals surface area contributed by atoms with Crippen LogP contribution in [0.4, 0.5) is 5.69 Å². The van der Waals surface area contributed by atoms with Gasteiger partial charge in [-0.2, -0.15) is 0 Å². The summed E-state index contributed by atoms with van der Waals surface area (Å²) in [6, 6.07) is 2.94. The van der Waals surface area contributed by atoms with Gasteiger partial charge in [-0.3, -0.25) is 9.59 Å². The molecule has 0 amide bonds. The summed E-state index contributed by atoms with van der Waals surface area (Å²) in [5, 5.41) is 42.5. The molecule has 0 saturated carbocycles. The molecule has 1 aromatic rings. The quantitative estimate of drug-likeness (QED) is 0.501. The summed E-state index contributed by atoms with van der Waals surface area (Å²) in [5.41, 5.74) is 0.212. The molecule has 2 heterocycles. The maximum atomic E-state index is 13.0. The van der Waals surface area contributed by atoms with Crippen LogP contribution in [0.1, 0.15) is 44.1 Å². The van der Waals surface area contributed by atoms with E-state index in [0.29, 0.717) is 11.4 Å². The monoisotopic (exact) mass is 464 g/mol. The number of benzene rings is 1. The van der Waals surface area contributed by atoms with E-state index < -0.39 is 17.3 Å². The smallest absolute Gasteiger partial charge is 0.202 e. The fourth-order valence-electron chi connectivity index (χ4n) is 5.23. The molecule has 8 heteroatoms. The van der Waals surface area contributed by atoms with Crippen molar-refractivity contribution in [3.05, 3.63) is 58.2 Å². The van der Waals surface area contributed by atoms with Gasteiger partial charge in [-0.05, 0) is 38.5 Å². The third-order valence-electron chi connectivity index (χ3n) is 7.02. The molecular formula is C26H28N2O6. The molecule has 0 spiro atoms. The number of phenols is 2. The Labute approximate surface area is 197 Å². The molecule has 4 N–H and O–H groups in total. The number of aromatic hydroxyl groups is 2. The number of aliphatic hydroxyl groups excluding tert-OH is 2. The van der Waals surface area contributed by atoms with E-state index in [2.05, 4.69) is 0 Å². The number of piperidine rings is 2. The summed E-state index contributed by atoms with van der Waals surface area (Å²) in [4.78, 5) is 29.9. The third kappa shape index (κ3) is 3.63. The number of allylic oxidation sites excluding steroid dienone is 5. The Bertz CT molecular complexity index is 1170. The number of carbonyl (C=O) groups is 2. The van der Waals surface area contributed by atoms with E-state index in [1.165, 1.54) is 24.3 Å². The van der Waals surface area contributed by atoms with Crippen molar-refractivity contribution in [2.75, 3.05) is 31.1 Å². The van der Waals surface area contributed by atoms with Crippen LogP contribution in [-0.4, -0.2) is 63.1 Å². The standard InChI is InChI=1S/C26H28N2O6/c29-17-11-15(27-7-3-1-4-8-27)12-18(30)21(17)23-25(33)24(26(23)34)22-19(31)13-16(14-20(22)32)28-9-5-2-6-10-28/h11-14,29-31,33H,1-10H2/b24-22+. The lowest BCUT2D eigenvalue weighted by atomic mass is 9.78. The summed E-state index contributed by atoms with van der Waals surface area (Å²) in [6.45, 7) is 3.19. The first kappa shape index (κ1) is 22.1. The zero-order valence-electron chi connectivity index (χ0n) is 18.9. The van der Waals surface area contributed by atoms with Gasteiger partial charge in [0.25, 0.3) is 0 Å². The van der Waals surface area contributed by atoms with E-state index in [1.807, 2.05) is 9.80 Å². The Morgan fingerprint density at radius 1 is 0.647 bits per heavy atom. The number of hydrogen-bond acceptors (Lipinski definition) is 8. The topological polar surface area (TPSA) is 122 Å². The maximum Gasteiger partial charge on any atom is 0.202 e. The molecule has 2 aliphatic carbocycles. The molecule has 0 aromatic heterocycles. The average Bonchev–Trinajstić information content (AvgIpc) is 2.84. The lowest BCUT2D eigenvalue weighted by Crippen LogP contribution is -2.32. The van der Waals surface area contributed by atoms with Crippen molar-refractivity contribution < 1.29 is 30.0 Å². The largest absolute Gasteiger partial charge is 0.507 e. The Balaban J connectivity index is 1.48. The molecule has 0 unspecified atom stereocenters. The Morgan fingerprint density at radius 3 is 1.74 bits per heavy atom. The predicted molar refractivity (Wildman–Crippen MR) is 127 cm³/mol. The van der Waals surface area contributed by atoms with Crippen molar-refractivity contribution in [3.8, 4) is 11.5 Å². The molecule has 1 aromatic carbocycles. The van der Waals surface area contributed by atoms with E-state index >= 15 is 0 Å². The van der Waals surface area contributed by atoms with Crippen LogP contribution in [0.2, 0.25) is 0 Å². The van der Waals surface area contributed by atoms with Gasteiger partial charge in [0.1, 0.15) is 23.0 Å². The zero-order valence-corrected chi connectivity index (χ0v) is 18.9. The minimum Gasteiger partial charge on any atom is -0.507 e. The second kappa shape index (κ2) is 8.59. The molecule has 2 aliphatic heterocycles. The lowest BCUT2D eigenvalue weighted by molar-refractivity contribution is -0.114. The molecule has 0 bridgehead atoms. The summed E-state index contributed by atoms with van der Waals surface area (Å²) in [7, 11) is 0. The summed E-state index contributed by atoms with van der Waals surface area (Å²) < 4.78 is 0. The van der Waals surface area contributed by atoms with Crippen LogP contribution in [0.25, 0.3) is 5.57 Å². The normalized spacial score (nSPS) is 23.6. The molecule has 178 valence electrons. The Morgan fingerprint density at radius 2 is 1.21 bits per heavy atom. The van der Waals surface area contributed by atoms with E-state index in [1.54, 1.807) is 0 Å². The van der Waals surface area contributed by atoms with Gasteiger partial charge in [-0.25, -0.2) is 0 Å². The molecule has 34 heavy (non-hydrogen) atoms. The number of rotatable bonds is 3. The number of hydrogen-bond donors (Lipinski definition) is 4. The van der Waals surface area contributed by atoms with Gasteiger partial charge in [0, 0.05) is 61.8 Å². The number of aliphatic hydroxyl groups is 2. The van der Waals surface area contributed by atoms with E-state index in [0.717, 1.165) is 64.7 Å². The Kier molecular flexibility index (Phi) is 5.59. The lowest BCUT2D eigenvalue weighted by Gasteiger charge is -2.32. The predicted octanol–water partition coefficient (Wildman–Crippen LogP) is 3.63. The van der Waals surface area contributed by atoms with Gasteiger partial charge in [0.15, 0.2) is 5.78 Å². The first-order valence-corrected chi connectivity index (χ1v) is 11.8. The van der Waals surface area contributed by atoms with Crippen LogP contribution in [-0.2, 0) is 9.59 Å². The van der Waals surface area contributed by atoms with Crippen molar-refractivity contribution in [3.63, 3.8) is 0 Å². The van der Waals surface area contributed by atoms with Gasteiger partial charge in [-0.1, -0.05) is 0 Å². The van der Waals surface area contributed by atoms with Crippen molar-refractivity contribution >= 4 is 22.8 Å². The fraction of sp³-hybridized carbons (Fsp3) is 0.385. The number of Topliss-reactive ketones (excluding diaryl/α,β-unsaturated/α-hetero) is 1. The van der Waals surface area contributed by atoms with Crippen molar-refractivity contribution in [2.45, 2.75) is 38.5 Å². The average molecular weight is 465 g/mol. The van der Waals surface area contributed by atoms with Crippen molar-refractivity contribution in [1.82, 2.24) is 4.90 Å². The Hall–Kier alpha value is -3.68. The van der Waals surface area contributed by atoms with Crippen molar-refractivity contribution in [2.24, 2.45) is 0 Å². The highest BCUT2D eigenvalue weighted by atomic mass is 16.3. The first-order valence-electron chi connectivity index (χ1n) is 11.8. The highest BCUT2D eigenvalue weighted by Crippen LogP contribution is 2.47. The van der Waals surface area contributed by atoms with Crippen LogP contribution in [0.5, 0.6) is 11.5 Å². The highest BCUT2D eigenvalue weighted by molar-refractivity contribution is 6.42. The van der Waals surface area contributed by atoms with E-state index in [4.69, 9.17) is 0 Å². The van der Waals surface area contributed by atoms with E-state index in [-0.39, 0.29) is 39.5 Å². The molecular weight excluding hydrogens is 436 g/mol. The molecule has 0 radical (unpaired) electrons. The second-order valence-corrected chi connectivity index (χ2v) is 9.22. The first-order chi connectivity index (χ1) is 16.4. The summed E-state index contributed by atoms with van der Waals surface area (Å²) >= 11 is 0. The van der Waals surface area contributed by atoms with Crippen LogP contribution in [0.15, 0.2) is 52.6 Å². The third-order valence-corrected chi connectivity index (χ3v) is 7.02. The maximum absolute atomic E-state index is 13.0. The number of carbonyl (C=O) groups excluding carboxylic acids is 2.